The molecule has 4 rings (SSSR count). The van der Waals surface area contributed by atoms with Crippen LogP contribution in [0.5, 0.6) is 11.5 Å². The molecule has 0 aliphatic heterocycles. The molecule has 2 aromatic carbocycles. The first-order valence-corrected chi connectivity index (χ1v) is 8.96. The van der Waals surface area contributed by atoms with Crippen molar-refractivity contribution in [1.82, 2.24) is 0 Å². The third-order valence-corrected chi connectivity index (χ3v) is 4.87. The van der Waals surface area contributed by atoms with Gasteiger partial charge in [-0.1, -0.05) is 42.5 Å². The number of benzene rings is 2. The topological polar surface area (TPSA) is 47.6 Å². The number of methoxy groups -OCH3 is 2. The highest BCUT2D eigenvalue weighted by Gasteiger charge is 2.31. The quantitative estimate of drug-likeness (QED) is 0.816. The minimum Gasteiger partial charge on any atom is -0.497 e. The van der Waals surface area contributed by atoms with Crippen LogP contribution in [0.3, 0.4) is 0 Å². The molecule has 0 bridgehead atoms. The van der Waals surface area contributed by atoms with Crippen molar-refractivity contribution in [2.75, 3.05) is 19.5 Å². The van der Waals surface area contributed by atoms with Crippen LogP contribution in [0.15, 0.2) is 71.8 Å². The summed E-state index contributed by atoms with van der Waals surface area (Å²) >= 11 is 0. The molecular formula is C23H21NO3. The Morgan fingerprint density at radius 1 is 0.963 bits per heavy atom. The number of rotatable bonds is 5. The van der Waals surface area contributed by atoms with Gasteiger partial charge in [-0.3, -0.25) is 4.79 Å². The lowest BCUT2D eigenvalue weighted by Gasteiger charge is -2.16. The second-order valence-corrected chi connectivity index (χ2v) is 6.51. The van der Waals surface area contributed by atoms with E-state index in [1.165, 1.54) is 0 Å². The van der Waals surface area contributed by atoms with Gasteiger partial charge in [0.05, 0.1) is 19.9 Å². The molecule has 2 aromatic rings. The van der Waals surface area contributed by atoms with Crippen molar-refractivity contribution < 1.29 is 14.3 Å². The summed E-state index contributed by atoms with van der Waals surface area (Å²) in [6.07, 6.45) is 7.98. The van der Waals surface area contributed by atoms with Crippen LogP contribution in [0.25, 0.3) is 5.70 Å². The molecule has 0 saturated carbocycles. The van der Waals surface area contributed by atoms with E-state index < -0.39 is 0 Å². The zero-order valence-corrected chi connectivity index (χ0v) is 15.4. The maximum absolute atomic E-state index is 13.1. The van der Waals surface area contributed by atoms with E-state index >= 15 is 0 Å². The van der Waals surface area contributed by atoms with E-state index in [2.05, 4.69) is 11.4 Å². The summed E-state index contributed by atoms with van der Waals surface area (Å²) in [5.74, 6) is 1.46. The third-order valence-electron chi connectivity index (χ3n) is 4.87. The largest absolute Gasteiger partial charge is 0.497 e. The zero-order valence-electron chi connectivity index (χ0n) is 15.4. The van der Waals surface area contributed by atoms with Crippen molar-refractivity contribution in [2.24, 2.45) is 0 Å². The van der Waals surface area contributed by atoms with Gasteiger partial charge in [-0.25, -0.2) is 0 Å². The summed E-state index contributed by atoms with van der Waals surface area (Å²) in [5.41, 5.74) is 5.14. The van der Waals surface area contributed by atoms with Gasteiger partial charge >= 0.3 is 0 Å². The first-order valence-electron chi connectivity index (χ1n) is 8.96. The second kappa shape index (κ2) is 7.16. The molecule has 0 atom stereocenters. The fraction of sp³-hybridized carbons (Fsp3) is 0.174. The predicted octanol–water partition coefficient (Wildman–Crippen LogP) is 5.00. The maximum Gasteiger partial charge on any atom is 0.196 e. The van der Waals surface area contributed by atoms with Crippen LogP contribution in [0, 0.1) is 0 Å². The molecule has 0 unspecified atom stereocenters. The monoisotopic (exact) mass is 359 g/mol. The smallest absolute Gasteiger partial charge is 0.196 e. The molecule has 0 saturated heterocycles. The normalized spacial score (nSPS) is 15.5. The van der Waals surface area contributed by atoms with E-state index in [-0.39, 0.29) is 5.78 Å². The Labute approximate surface area is 158 Å². The van der Waals surface area contributed by atoms with Gasteiger partial charge in [0.15, 0.2) is 5.78 Å². The minimum atomic E-state index is 0.0736. The molecule has 27 heavy (non-hydrogen) atoms. The Hall–Kier alpha value is -3.27. The van der Waals surface area contributed by atoms with Crippen LogP contribution in [0.1, 0.15) is 28.8 Å². The maximum atomic E-state index is 13.1. The van der Waals surface area contributed by atoms with Gasteiger partial charge < -0.3 is 14.8 Å². The number of ketones is 1. The molecule has 136 valence electrons. The number of fused-ring (bicyclic) bond motifs is 1. The van der Waals surface area contributed by atoms with Gasteiger partial charge in [0.1, 0.15) is 11.5 Å². The average molecular weight is 359 g/mol. The van der Waals surface area contributed by atoms with Gasteiger partial charge in [0.25, 0.3) is 0 Å². The Balaban J connectivity index is 1.84. The third kappa shape index (κ3) is 3.14. The number of hydrogen-bond acceptors (Lipinski definition) is 4. The fourth-order valence-electron chi connectivity index (χ4n) is 3.55. The average Bonchev–Trinajstić information content (AvgIpc) is 3.00. The van der Waals surface area contributed by atoms with Crippen LogP contribution in [-0.4, -0.2) is 20.0 Å². The summed E-state index contributed by atoms with van der Waals surface area (Å²) < 4.78 is 10.7. The van der Waals surface area contributed by atoms with Crippen LogP contribution in [0.4, 0.5) is 5.69 Å². The van der Waals surface area contributed by atoms with Crippen LogP contribution < -0.4 is 14.8 Å². The van der Waals surface area contributed by atoms with Crippen molar-refractivity contribution in [3.8, 4) is 11.5 Å². The van der Waals surface area contributed by atoms with Crippen molar-refractivity contribution >= 4 is 17.2 Å². The number of Topliss-reactive ketones (excluding diaryl/α,β-unsaturated/α-hetero) is 1. The molecule has 0 radical (unpaired) electrons. The number of ether oxygens (including phenoxy) is 2. The summed E-state index contributed by atoms with van der Waals surface area (Å²) in [6.45, 7) is 0. The summed E-state index contributed by atoms with van der Waals surface area (Å²) in [5, 5.41) is 3.46. The van der Waals surface area contributed by atoms with Crippen LogP contribution in [0.2, 0.25) is 0 Å². The van der Waals surface area contributed by atoms with E-state index in [1.54, 1.807) is 14.2 Å². The molecule has 2 aliphatic rings. The lowest BCUT2D eigenvalue weighted by atomic mass is 9.94. The van der Waals surface area contributed by atoms with E-state index in [9.17, 15) is 4.79 Å². The summed E-state index contributed by atoms with van der Waals surface area (Å²) in [4.78, 5) is 13.1. The molecule has 0 fully saturated rings. The predicted molar refractivity (Wildman–Crippen MR) is 107 cm³/mol. The highest BCUT2D eigenvalue weighted by molar-refractivity contribution is 6.24. The molecule has 4 nitrogen and oxygen atoms in total. The Morgan fingerprint density at radius 2 is 1.67 bits per heavy atom. The highest BCUT2D eigenvalue weighted by Crippen LogP contribution is 2.39. The van der Waals surface area contributed by atoms with Gasteiger partial charge in [-0.2, -0.15) is 0 Å². The molecule has 1 N–H and O–H groups in total. The second-order valence-electron chi connectivity index (χ2n) is 6.51. The summed E-state index contributed by atoms with van der Waals surface area (Å²) in [6, 6.07) is 13.3. The Kier molecular flexibility index (Phi) is 4.55. The van der Waals surface area contributed by atoms with Crippen molar-refractivity contribution in [3.05, 3.63) is 83.0 Å². The van der Waals surface area contributed by atoms with E-state index in [4.69, 9.17) is 9.47 Å². The van der Waals surface area contributed by atoms with Gasteiger partial charge in [-0.15, -0.1) is 0 Å². The van der Waals surface area contributed by atoms with Crippen LogP contribution in [-0.2, 0) is 0 Å². The minimum absolute atomic E-state index is 0.0736. The van der Waals surface area contributed by atoms with Crippen LogP contribution >= 0.6 is 0 Å². The molecule has 0 amide bonds. The Bertz CT molecular complexity index is 976. The number of hydrogen-bond donors (Lipinski definition) is 1. The number of allylic oxidation sites excluding steroid dienone is 5. The molecule has 0 spiro atoms. The molecule has 0 aromatic heterocycles. The van der Waals surface area contributed by atoms with Gasteiger partial charge in [0.2, 0.25) is 0 Å². The fourth-order valence-corrected chi connectivity index (χ4v) is 3.55. The van der Waals surface area contributed by atoms with Crippen molar-refractivity contribution in [1.29, 1.82) is 0 Å². The first kappa shape index (κ1) is 17.2. The summed E-state index contributed by atoms with van der Waals surface area (Å²) in [7, 11) is 3.24. The molecule has 4 heteroatoms. The zero-order chi connectivity index (χ0) is 18.8. The van der Waals surface area contributed by atoms with Crippen molar-refractivity contribution in [3.63, 3.8) is 0 Å². The lowest BCUT2D eigenvalue weighted by Crippen LogP contribution is -2.06. The first-order chi connectivity index (χ1) is 13.2. The molecular weight excluding hydrogens is 338 g/mol. The molecule has 0 heterocycles. The highest BCUT2D eigenvalue weighted by atomic mass is 16.5. The van der Waals surface area contributed by atoms with E-state index in [1.807, 2.05) is 54.6 Å². The number of nitrogens with one attached hydrogen (secondary N) is 1. The molecule has 2 aliphatic carbocycles. The van der Waals surface area contributed by atoms with E-state index in [0.29, 0.717) is 11.5 Å². The lowest BCUT2D eigenvalue weighted by molar-refractivity contribution is 0.104. The van der Waals surface area contributed by atoms with Gasteiger partial charge in [-0.05, 0) is 18.4 Å². The number of carbonyl (C=O) groups is 1. The van der Waals surface area contributed by atoms with Gasteiger partial charge in [0, 0.05) is 40.6 Å². The van der Waals surface area contributed by atoms with Crippen molar-refractivity contribution in [2.45, 2.75) is 12.8 Å². The Morgan fingerprint density at radius 3 is 2.30 bits per heavy atom. The number of anilines is 1. The standard InChI is InChI=1S/C23H21NO3/c1-26-17-12-16(13-18(14-17)27-2)24-22-19-10-6-7-11-20(19)23(25)21(22)15-8-4-3-5-9-15/h3-4,6-8,10-14,24H,5,9H2,1-2H3. The SMILES string of the molecule is COc1cc(NC2=C(C3=CC=CCC3)C(=O)c3ccccc32)cc(OC)c1. The van der Waals surface area contributed by atoms with E-state index in [0.717, 1.165) is 46.5 Å². The number of carbonyl (C=O) groups excluding carboxylic acids is 1.